The van der Waals surface area contributed by atoms with Crippen molar-refractivity contribution >= 4 is 17.8 Å². The maximum Gasteiger partial charge on any atom is 0.303 e. The molecule has 0 saturated carbocycles. The Morgan fingerprint density at radius 1 is 1.17 bits per heavy atom. The standard InChI is InChI=1S/C12H22N2O4/c1-3-8-13-12(18)9(2)14-10(15)6-4-5-7-11(16)17/h9H,3-8H2,1-2H3,(H,13,18)(H,14,15)(H,16,17). The van der Waals surface area contributed by atoms with Gasteiger partial charge in [-0.25, -0.2) is 0 Å². The molecule has 1 unspecified atom stereocenters. The fourth-order valence-corrected chi connectivity index (χ4v) is 1.34. The van der Waals surface area contributed by atoms with Gasteiger partial charge in [0, 0.05) is 19.4 Å². The fraction of sp³-hybridized carbons (Fsp3) is 0.750. The number of carbonyl (C=O) groups is 3. The number of hydrogen-bond acceptors (Lipinski definition) is 3. The average Bonchev–Trinajstić information content (AvgIpc) is 2.31. The third-order valence-electron chi connectivity index (χ3n) is 2.36. The van der Waals surface area contributed by atoms with Crippen molar-refractivity contribution in [1.82, 2.24) is 10.6 Å². The van der Waals surface area contributed by atoms with Crippen LogP contribution in [0.25, 0.3) is 0 Å². The van der Waals surface area contributed by atoms with Crippen LogP contribution in [0.4, 0.5) is 0 Å². The first kappa shape index (κ1) is 16.4. The summed E-state index contributed by atoms with van der Waals surface area (Å²) >= 11 is 0. The van der Waals surface area contributed by atoms with E-state index < -0.39 is 12.0 Å². The van der Waals surface area contributed by atoms with Gasteiger partial charge in [0.2, 0.25) is 11.8 Å². The summed E-state index contributed by atoms with van der Waals surface area (Å²) in [6, 6.07) is -0.552. The lowest BCUT2D eigenvalue weighted by Crippen LogP contribution is -2.44. The molecule has 2 amide bonds. The van der Waals surface area contributed by atoms with Gasteiger partial charge in [0.25, 0.3) is 0 Å². The average molecular weight is 258 g/mol. The molecule has 0 aromatic heterocycles. The van der Waals surface area contributed by atoms with Crippen molar-refractivity contribution in [1.29, 1.82) is 0 Å². The zero-order valence-electron chi connectivity index (χ0n) is 11.0. The summed E-state index contributed by atoms with van der Waals surface area (Å²) < 4.78 is 0. The minimum absolute atomic E-state index is 0.0693. The number of carboxylic acids is 1. The van der Waals surface area contributed by atoms with Crippen molar-refractivity contribution in [3.63, 3.8) is 0 Å². The monoisotopic (exact) mass is 258 g/mol. The van der Waals surface area contributed by atoms with Gasteiger partial charge in [-0.1, -0.05) is 6.92 Å². The van der Waals surface area contributed by atoms with Gasteiger partial charge in [-0.05, 0) is 26.2 Å². The highest BCUT2D eigenvalue weighted by Crippen LogP contribution is 2.00. The summed E-state index contributed by atoms with van der Waals surface area (Å²) in [5.74, 6) is -1.28. The van der Waals surface area contributed by atoms with E-state index >= 15 is 0 Å². The van der Waals surface area contributed by atoms with E-state index in [1.807, 2.05) is 6.92 Å². The van der Waals surface area contributed by atoms with Crippen LogP contribution in [0.3, 0.4) is 0 Å². The van der Waals surface area contributed by atoms with Gasteiger partial charge in [-0.15, -0.1) is 0 Å². The predicted molar refractivity (Wildman–Crippen MR) is 67.0 cm³/mol. The summed E-state index contributed by atoms with van der Waals surface area (Å²) in [6.45, 7) is 4.17. The lowest BCUT2D eigenvalue weighted by Gasteiger charge is -2.13. The van der Waals surface area contributed by atoms with E-state index in [4.69, 9.17) is 5.11 Å². The van der Waals surface area contributed by atoms with E-state index in [1.165, 1.54) is 0 Å². The van der Waals surface area contributed by atoms with Crippen LogP contribution in [0, 0.1) is 0 Å². The SMILES string of the molecule is CCCNC(=O)C(C)NC(=O)CCCCC(=O)O. The Kier molecular flexibility index (Phi) is 8.61. The first-order valence-electron chi connectivity index (χ1n) is 6.26. The van der Waals surface area contributed by atoms with Crippen LogP contribution in [0.2, 0.25) is 0 Å². The van der Waals surface area contributed by atoms with E-state index in [-0.39, 0.29) is 24.7 Å². The van der Waals surface area contributed by atoms with Crippen molar-refractivity contribution < 1.29 is 19.5 Å². The van der Waals surface area contributed by atoms with Gasteiger partial charge in [0.1, 0.15) is 6.04 Å². The maximum atomic E-state index is 11.5. The van der Waals surface area contributed by atoms with Crippen LogP contribution >= 0.6 is 0 Å². The molecule has 0 radical (unpaired) electrons. The second-order valence-corrected chi connectivity index (χ2v) is 4.18. The second-order valence-electron chi connectivity index (χ2n) is 4.18. The molecule has 3 N–H and O–H groups in total. The van der Waals surface area contributed by atoms with Crippen LogP contribution in [0.1, 0.15) is 46.0 Å². The first-order chi connectivity index (χ1) is 8.47. The van der Waals surface area contributed by atoms with Crippen molar-refractivity contribution in [3.05, 3.63) is 0 Å². The molecule has 0 aromatic carbocycles. The summed E-state index contributed by atoms with van der Waals surface area (Å²) in [6.07, 6.45) is 2.15. The summed E-state index contributed by atoms with van der Waals surface area (Å²) in [5, 5.41) is 13.7. The van der Waals surface area contributed by atoms with Crippen molar-refractivity contribution in [3.8, 4) is 0 Å². The Hall–Kier alpha value is -1.59. The van der Waals surface area contributed by atoms with Gasteiger partial charge < -0.3 is 15.7 Å². The molecule has 0 aliphatic rings. The molecule has 6 nitrogen and oxygen atoms in total. The highest BCUT2D eigenvalue weighted by atomic mass is 16.4. The Labute approximate surface area is 107 Å². The number of amides is 2. The topological polar surface area (TPSA) is 95.5 Å². The molecule has 0 aliphatic heterocycles. The van der Waals surface area contributed by atoms with E-state index in [1.54, 1.807) is 6.92 Å². The Bertz CT molecular complexity index is 292. The molecule has 0 aromatic rings. The summed E-state index contributed by atoms with van der Waals surface area (Å²) in [7, 11) is 0. The summed E-state index contributed by atoms with van der Waals surface area (Å²) in [5.41, 5.74) is 0. The van der Waals surface area contributed by atoms with Crippen LogP contribution in [-0.2, 0) is 14.4 Å². The minimum atomic E-state index is -0.859. The smallest absolute Gasteiger partial charge is 0.303 e. The number of unbranched alkanes of at least 4 members (excludes halogenated alkanes) is 1. The molecule has 0 saturated heterocycles. The molecule has 0 bridgehead atoms. The Morgan fingerprint density at radius 2 is 1.78 bits per heavy atom. The number of carbonyl (C=O) groups excluding carboxylic acids is 2. The third kappa shape index (κ3) is 8.55. The molecule has 0 fully saturated rings. The number of hydrogen-bond donors (Lipinski definition) is 3. The molecule has 0 heterocycles. The molecule has 0 rings (SSSR count). The van der Waals surface area contributed by atoms with Crippen LogP contribution in [-0.4, -0.2) is 35.5 Å². The number of aliphatic carboxylic acids is 1. The van der Waals surface area contributed by atoms with Gasteiger partial charge in [0.05, 0.1) is 0 Å². The largest absolute Gasteiger partial charge is 0.481 e. The molecule has 18 heavy (non-hydrogen) atoms. The maximum absolute atomic E-state index is 11.5. The summed E-state index contributed by atoms with van der Waals surface area (Å²) in [4.78, 5) is 33.1. The van der Waals surface area contributed by atoms with E-state index in [0.717, 1.165) is 6.42 Å². The van der Waals surface area contributed by atoms with E-state index in [2.05, 4.69) is 10.6 Å². The minimum Gasteiger partial charge on any atom is -0.481 e. The lowest BCUT2D eigenvalue weighted by molar-refractivity contribution is -0.137. The molecule has 1 atom stereocenters. The highest BCUT2D eigenvalue weighted by molar-refractivity contribution is 5.87. The van der Waals surface area contributed by atoms with Gasteiger partial charge in [-0.2, -0.15) is 0 Å². The second kappa shape index (κ2) is 9.44. The molecule has 0 spiro atoms. The zero-order chi connectivity index (χ0) is 14.0. The van der Waals surface area contributed by atoms with Crippen molar-refractivity contribution in [2.24, 2.45) is 0 Å². The predicted octanol–water partition coefficient (Wildman–Crippen LogP) is 0.662. The Balaban J connectivity index is 3.73. The fourth-order valence-electron chi connectivity index (χ4n) is 1.34. The van der Waals surface area contributed by atoms with Crippen LogP contribution < -0.4 is 10.6 Å². The van der Waals surface area contributed by atoms with Crippen molar-refractivity contribution in [2.45, 2.75) is 52.0 Å². The van der Waals surface area contributed by atoms with Crippen LogP contribution in [0.15, 0.2) is 0 Å². The van der Waals surface area contributed by atoms with Gasteiger partial charge >= 0.3 is 5.97 Å². The molecule has 0 aliphatic carbocycles. The van der Waals surface area contributed by atoms with Gasteiger partial charge in [0.15, 0.2) is 0 Å². The molecular formula is C12H22N2O4. The normalized spacial score (nSPS) is 11.7. The third-order valence-corrected chi connectivity index (χ3v) is 2.36. The number of nitrogens with one attached hydrogen (secondary N) is 2. The van der Waals surface area contributed by atoms with Gasteiger partial charge in [-0.3, -0.25) is 14.4 Å². The Morgan fingerprint density at radius 3 is 2.33 bits per heavy atom. The molecular weight excluding hydrogens is 236 g/mol. The zero-order valence-corrected chi connectivity index (χ0v) is 11.0. The molecule has 104 valence electrons. The highest BCUT2D eigenvalue weighted by Gasteiger charge is 2.14. The molecule has 6 heteroatoms. The van der Waals surface area contributed by atoms with E-state index in [0.29, 0.717) is 19.4 Å². The number of rotatable bonds is 9. The van der Waals surface area contributed by atoms with Crippen molar-refractivity contribution in [2.75, 3.05) is 6.54 Å². The number of carboxylic acid groups (broad SMARTS) is 1. The first-order valence-corrected chi connectivity index (χ1v) is 6.26. The van der Waals surface area contributed by atoms with Crippen LogP contribution in [0.5, 0.6) is 0 Å². The lowest BCUT2D eigenvalue weighted by atomic mass is 10.2. The quantitative estimate of drug-likeness (QED) is 0.529. The van der Waals surface area contributed by atoms with E-state index in [9.17, 15) is 14.4 Å².